The van der Waals surface area contributed by atoms with Crippen molar-refractivity contribution in [1.29, 1.82) is 0 Å². The summed E-state index contributed by atoms with van der Waals surface area (Å²) in [7, 11) is 1.63. The van der Waals surface area contributed by atoms with Crippen molar-refractivity contribution in [3.63, 3.8) is 0 Å². The first-order valence-electron chi connectivity index (χ1n) is 6.59. The molecular weight excluding hydrogens is 335 g/mol. The molecule has 0 fully saturated rings. The molecule has 3 nitrogen and oxygen atoms in total. The molecule has 5 heteroatoms. The number of halogens is 2. The van der Waals surface area contributed by atoms with Gasteiger partial charge >= 0.3 is 0 Å². The first-order chi connectivity index (χ1) is 10.0. The fraction of sp³-hybridized carbons (Fsp3) is 0.250. The third-order valence-electron chi connectivity index (χ3n) is 3.46. The summed E-state index contributed by atoms with van der Waals surface area (Å²) in [5, 5.41) is 0. The molecule has 21 heavy (non-hydrogen) atoms. The van der Waals surface area contributed by atoms with Crippen molar-refractivity contribution in [3.05, 3.63) is 63.4 Å². The zero-order valence-corrected chi connectivity index (χ0v) is 13.6. The summed E-state index contributed by atoms with van der Waals surface area (Å²) in [6.45, 7) is 1.74. The molecule has 1 unspecified atom stereocenters. The number of benzene rings is 2. The van der Waals surface area contributed by atoms with Crippen LogP contribution >= 0.6 is 15.9 Å². The molecule has 0 bridgehead atoms. The maximum atomic E-state index is 13.4. The molecule has 0 amide bonds. The second kappa shape index (κ2) is 7.02. The van der Waals surface area contributed by atoms with E-state index in [1.54, 1.807) is 20.1 Å². The Morgan fingerprint density at radius 1 is 1.29 bits per heavy atom. The van der Waals surface area contributed by atoms with Crippen LogP contribution in [0.5, 0.6) is 5.75 Å². The van der Waals surface area contributed by atoms with Gasteiger partial charge in [0, 0.05) is 4.47 Å². The molecule has 0 heterocycles. The molecule has 0 aliphatic heterocycles. The lowest BCUT2D eigenvalue weighted by molar-refractivity contribution is 0.413. The first kappa shape index (κ1) is 15.9. The highest BCUT2D eigenvalue weighted by Gasteiger charge is 2.14. The van der Waals surface area contributed by atoms with E-state index >= 15 is 0 Å². The van der Waals surface area contributed by atoms with Crippen molar-refractivity contribution in [2.45, 2.75) is 19.4 Å². The predicted molar refractivity (Wildman–Crippen MR) is 85.6 cm³/mol. The van der Waals surface area contributed by atoms with Crippen LogP contribution in [0, 0.1) is 12.7 Å². The lowest BCUT2D eigenvalue weighted by Crippen LogP contribution is -2.29. The van der Waals surface area contributed by atoms with Gasteiger partial charge in [0.05, 0.1) is 13.2 Å². The molecule has 0 saturated heterocycles. The van der Waals surface area contributed by atoms with Crippen molar-refractivity contribution >= 4 is 15.9 Å². The SMILES string of the molecule is COc1ccc(Br)c(CC(NN)c2ccc(F)c(C)c2)c1. The van der Waals surface area contributed by atoms with Gasteiger partial charge in [-0.3, -0.25) is 11.3 Å². The Morgan fingerprint density at radius 2 is 2.05 bits per heavy atom. The molecule has 0 radical (unpaired) electrons. The van der Waals surface area contributed by atoms with Crippen LogP contribution in [0.4, 0.5) is 4.39 Å². The van der Waals surface area contributed by atoms with Gasteiger partial charge in [0.15, 0.2) is 0 Å². The van der Waals surface area contributed by atoms with Gasteiger partial charge in [-0.15, -0.1) is 0 Å². The molecule has 2 aromatic rings. The number of aryl methyl sites for hydroxylation is 1. The summed E-state index contributed by atoms with van der Waals surface area (Å²) in [5.41, 5.74) is 5.42. The van der Waals surface area contributed by atoms with E-state index in [1.807, 2.05) is 24.3 Å². The van der Waals surface area contributed by atoms with Crippen LogP contribution in [-0.4, -0.2) is 7.11 Å². The Bertz CT molecular complexity index is 634. The number of methoxy groups -OCH3 is 1. The van der Waals surface area contributed by atoms with Crippen molar-refractivity contribution in [2.24, 2.45) is 5.84 Å². The molecule has 2 rings (SSSR count). The number of hydrogen-bond donors (Lipinski definition) is 2. The highest BCUT2D eigenvalue weighted by molar-refractivity contribution is 9.10. The van der Waals surface area contributed by atoms with Gasteiger partial charge in [-0.05, 0) is 54.3 Å². The van der Waals surface area contributed by atoms with Gasteiger partial charge in [-0.2, -0.15) is 0 Å². The summed E-state index contributed by atoms with van der Waals surface area (Å²) in [5.74, 6) is 6.25. The summed E-state index contributed by atoms with van der Waals surface area (Å²) in [4.78, 5) is 0. The molecule has 1 atom stereocenters. The lowest BCUT2D eigenvalue weighted by atomic mass is 9.98. The Labute approximate surface area is 132 Å². The minimum atomic E-state index is -0.211. The zero-order chi connectivity index (χ0) is 15.4. The summed E-state index contributed by atoms with van der Waals surface area (Å²) in [6, 6.07) is 10.7. The van der Waals surface area contributed by atoms with E-state index in [0.717, 1.165) is 21.3 Å². The average molecular weight is 353 g/mol. The Morgan fingerprint density at radius 3 is 2.67 bits per heavy atom. The molecule has 0 aliphatic carbocycles. The summed E-state index contributed by atoms with van der Waals surface area (Å²) in [6.07, 6.45) is 0.666. The number of ether oxygens (including phenoxy) is 1. The number of nitrogens with one attached hydrogen (secondary N) is 1. The number of hydrazine groups is 1. The van der Waals surface area contributed by atoms with Crippen LogP contribution in [0.2, 0.25) is 0 Å². The van der Waals surface area contributed by atoms with E-state index in [-0.39, 0.29) is 11.9 Å². The minimum Gasteiger partial charge on any atom is -0.497 e. The minimum absolute atomic E-state index is 0.104. The van der Waals surface area contributed by atoms with E-state index < -0.39 is 0 Å². The topological polar surface area (TPSA) is 47.3 Å². The van der Waals surface area contributed by atoms with Gasteiger partial charge < -0.3 is 4.74 Å². The van der Waals surface area contributed by atoms with Crippen LogP contribution in [-0.2, 0) is 6.42 Å². The van der Waals surface area contributed by atoms with Gasteiger partial charge in [-0.25, -0.2) is 4.39 Å². The van der Waals surface area contributed by atoms with Crippen LogP contribution in [0.15, 0.2) is 40.9 Å². The van der Waals surface area contributed by atoms with Gasteiger partial charge in [0.1, 0.15) is 11.6 Å². The van der Waals surface area contributed by atoms with Crippen LogP contribution in [0.1, 0.15) is 22.7 Å². The monoisotopic (exact) mass is 352 g/mol. The molecule has 0 aliphatic rings. The van der Waals surface area contributed by atoms with Gasteiger partial charge in [-0.1, -0.05) is 28.1 Å². The largest absolute Gasteiger partial charge is 0.497 e. The van der Waals surface area contributed by atoms with Crippen LogP contribution in [0.25, 0.3) is 0 Å². The highest BCUT2D eigenvalue weighted by Crippen LogP contribution is 2.27. The standard InChI is InChI=1S/C16H18BrFN2O/c1-10-7-11(3-6-15(10)18)16(20-19)9-12-8-13(21-2)4-5-14(12)17/h3-8,16,20H,9,19H2,1-2H3. The van der Waals surface area contributed by atoms with Crippen molar-refractivity contribution < 1.29 is 9.13 Å². The maximum Gasteiger partial charge on any atom is 0.126 e. The Hall–Kier alpha value is -1.43. The van der Waals surface area contributed by atoms with E-state index in [4.69, 9.17) is 10.6 Å². The molecule has 0 aromatic heterocycles. The smallest absolute Gasteiger partial charge is 0.126 e. The van der Waals surface area contributed by atoms with Crippen molar-refractivity contribution in [1.82, 2.24) is 5.43 Å². The fourth-order valence-electron chi connectivity index (χ4n) is 2.21. The maximum absolute atomic E-state index is 13.4. The molecule has 3 N–H and O–H groups in total. The molecule has 0 saturated carbocycles. The lowest BCUT2D eigenvalue weighted by Gasteiger charge is -2.18. The van der Waals surface area contributed by atoms with Gasteiger partial charge in [0.2, 0.25) is 0 Å². The fourth-order valence-corrected chi connectivity index (χ4v) is 2.62. The third kappa shape index (κ3) is 3.81. The number of hydrogen-bond acceptors (Lipinski definition) is 3. The summed E-state index contributed by atoms with van der Waals surface area (Å²) < 4.78 is 19.6. The zero-order valence-electron chi connectivity index (χ0n) is 12.0. The Balaban J connectivity index is 2.28. The van der Waals surface area contributed by atoms with Crippen molar-refractivity contribution in [3.8, 4) is 5.75 Å². The van der Waals surface area contributed by atoms with Crippen LogP contribution < -0.4 is 16.0 Å². The quantitative estimate of drug-likeness (QED) is 0.637. The van der Waals surface area contributed by atoms with Crippen molar-refractivity contribution in [2.75, 3.05) is 7.11 Å². The molecule has 2 aromatic carbocycles. The van der Waals surface area contributed by atoms with E-state index in [9.17, 15) is 4.39 Å². The normalized spacial score (nSPS) is 12.2. The van der Waals surface area contributed by atoms with Crippen LogP contribution in [0.3, 0.4) is 0 Å². The van der Waals surface area contributed by atoms with E-state index in [1.165, 1.54) is 6.07 Å². The molecule has 112 valence electrons. The third-order valence-corrected chi connectivity index (χ3v) is 4.24. The second-order valence-corrected chi connectivity index (χ2v) is 5.74. The van der Waals surface area contributed by atoms with E-state index in [2.05, 4.69) is 21.4 Å². The van der Waals surface area contributed by atoms with Gasteiger partial charge in [0.25, 0.3) is 0 Å². The Kier molecular flexibility index (Phi) is 5.33. The average Bonchev–Trinajstić information content (AvgIpc) is 2.49. The predicted octanol–water partition coefficient (Wildman–Crippen LogP) is 3.65. The first-order valence-corrected chi connectivity index (χ1v) is 7.39. The number of rotatable bonds is 5. The summed E-state index contributed by atoms with van der Waals surface area (Å²) >= 11 is 3.53. The molecule has 0 spiro atoms. The van der Waals surface area contributed by atoms with E-state index in [0.29, 0.717) is 12.0 Å². The number of nitrogens with two attached hydrogens (primary N) is 1. The highest BCUT2D eigenvalue weighted by atomic mass is 79.9. The molecular formula is C16H18BrFN2O. The second-order valence-electron chi connectivity index (χ2n) is 4.89.